The zero-order valence-corrected chi connectivity index (χ0v) is 13.2. The standard InChI is InChI=1S/C18H17BFNO2/c1-18(2)11-22-19(23-12-18)16-9-15(13-6-4-3-5-7-13)17(20)8-14(16)10-21/h3-9H,11-12H2,1-2H3. The molecule has 0 aromatic heterocycles. The molecule has 23 heavy (non-hydrogen) atoms. The molecule has 0 bridgehead atoms. The maximum atomic E-state index is 14.4. The number of hydrogen-bond acceptors (Lipinski definition) is 3. The first-order valence-electron chi connectivity index (χ1n) is 7.52. The van der Waals surface area contributed by atoms with Crippen molar-refractivity contribution in [2.24, 2.45) is 5.41 Å². The highest BCUT2D eigenvalue weighted by molar-refractivity contribution is 6.62. The third-order valence-electron chi connectivity index (χ3n) is 3.85. The Morgan fingerprint density at radius 3 is 2.39 bits per heavy atom. The van der Waals surface area contributed by atoms with Gasteiger partial charge in [0.2, 0.25) is 0 Å². The second kappa shape index (κ2) is 6.15. The van der Waals surface area contributed by atoms with Crippen LogP contribution in [0.2, 0.25) is 0 Å². The van der Waals surface area contributed by atoms with E-state index in [-0.39, 0.29) is 11.0 Å². The molecule has 0 aliphatic carbocycles. The molecule has 0 radical (unpaired) electrons. The Bertz CT molecular complexity index is 746. The van der Waals surface area contributed by atoms with Crippen LogP contribution in [-0.2, 0) is 9.31 Å². The summed E-state index contributed by atoms with van der Waals surface area (Å²) >= 11 is 0. The van der Waals surface area contributed by atoms with Gasteiger partial charge in [-0.05, 0) is 11.6 Å². The molecule has 0 unspecified atom stereocenters. The van der Waals surface area contributed by atoms with Gasteiger partial charge in [-0.15, -0.1) is 0 Å². The Hall–Kier alpha value is -2.16. The summed E-state index contributed by atoms with van der Waals surface area (Å²) in [4.78, 5) is 0. The van der Waals surface area contributed by atoms with Crippen LogP contribution in [-0.4, -0.2) is 20.3 Å². The number of nitriles is 1. The Labute approximate surface area is 135 Å². The monoisotopic (exact) mass is 309 g/mol. The molecule has 0 N–H and O–H groups in total. The van der Waals surface area contributed by atoms with Crippen LogP contribution in [0.4, 0.5) is 4.39 Å². The van der Waals surface area contributed by atoms with Crippen molar-refractivity contribution in [2.45, 2.75) is 13.8 Å². The summed E-state index contributed by atoms with van der Waals surface area (Å²) in [7, 11) is -0.638. The highest BCUT2D eigenvalue weighted by Gasteiger charge is 2.35. The molecule has 0 saturated carbocycles. The van der Waals surface area contributed by atoms with Gasteiger partial charge in [0, 0.05) is 29.7 Å². The zero-order valence-electron chi connectivity index (χ0n) is 13.2. The van der Waals surface area contributed by atoms with E-state index >= 15 is 0 Å². The van der Waals surface area contributed by atoms with E-state index in [9.17, 15) is 9.65 Å². The smallest absolute Gasteiger partial charge is 0.407 e. The molecule has 116 valence electrons. The molecule has 3 rings (SSSR count). The number of benzene rings is 2. The average molecular weight is 309 g/mol. The lowest BCUT2D eigenvalue weighted by Gasteiger charge is -2.33. The van der Waals surface area contributed by atoms with Gasteiger partial charge < -0.3 is 9.31 Å². The zero-order chi connectivity index (χ0) is 16.4. The number of halogens is 1. The molecule has 1 aliphatic rings. The molecule has 2 aromatic rings. The summed E-state index contributed by atoms with van der Waals surface area (Å²) in [6.45, 7) is 5.16. The Balaban J connectivity index is 2.01. The summed E-state index contributed by atoms with van der Waals surface area (Å²) in [6, 6.07) is 14.2. The molecule has 0 spiro atoms. The number of nitrogens with zero attached hydrogens (tertiary/aromatic N) is 1. The second-order valence-corrected chi connectivity index (χ2v) is 6.52. The number of hydrogen-bond donors (Lipinski definition) is 0. The lowest BCUT2D eigenvalue weighted by atomic mass is 9.72. The molecule has 2 aromatic carbocycles. The van der Waals surface area contributed by atoms with E-state index in [0.717, 1.165) is 5.56 Å². The van der Waals surface area contributed by atoms with Crippen LogP contribution in [0, 0.1) is 22.6 Å². The Kier molecular flexibility index (Phi) is 4.21. The van der Waals surface area contributed by atoms with Crippen molar-refractivity contribution in [2.75, 3.05) is 13.2 Å². The summed E-state index contributed by atoms with van der Waals surface area (Å²) in [5, 5.41) is 9.31. The Morgan fingerprint density at radius 2 is 1.78 bits per heavy atom. The fourth-order valence-corrected chi connectivity index (χ4v) is 2.59. The minimum absolute atomic E-state index is 0.0639. The molecular weight excluding hydrogens is 292 g/mol. The molecule has 0 amide bonds. The van der Waals surface area contributed by atoms with E-state index in [1.807, 2.05) is 36.4 Å². The van der Waals surface area contributed by atoms with E-state index in [2.05, 4.69) is 13.8 Å². The van der Waals surface area contributed by atoms with Crippen molar-refractivity contribution in [3.63, 3.8) is 0 Å². The van der Waals surface area contributed by atoms with Crippen LogP contribution in [0.5, 0.6) is 0 Å². The first-order valence-corrected chi connectivity index (χ1v) is 7.52. The maximum Gasteiger partial charge on any atom is 0.495 e. The van der Waals surface area contributed by atoms with Gasteiger partial charge in [-0.2, -0.15) is 5.26 Å². The number of rotatable bonds is 2. The fraction of sp³-hybridized carbons (Fsp3) is 0.278. The molecule has 1 heterocycles. The summed E-state index contributed by atoms with van der Waals surface area (Å²) in [5.41, 5.74) is 1.95. The third-order valence-corrected chi connectivity index (χ3v) is 3.85. The van der Waals surface area contributed by atoms with Crippen LogP contribution < -0.4 is 5.46 Å². The molecule has 0 atom stereocenters. The van der Waals surface area contributed by atoms with E-state index in [1.54, 1.807) is 6.07 Å². The van der Waals surface area contributed by atoms with Crippen molar-refractivity contribution in [1.29, 1.82) is 5.26 Å². The van der Waals surface area contributed by atoms with Crippen molar-refractivity contribution in [3.05, 3.63) is 53.8 Å². The van der Waals surface area contributed by atoms with Gasteiger partial charge in [-0.3, -0.25) is 0 Å². The van der Waals surface area contributed by atoms with Crippen molar-refractivity contribution < 1.29 is 13.7 Å². The van der Waals surface area contributed by atoms with Gasteiger partial charge in [0.1, 0.15) is 5.82 Å². The van der Waals surface area contributed by atoms with Gasteiger partial charge >= 0.3 is 7.12 Å². The highest BCUT2D eigenvalue weighted by Crippen LogP contribution is 2.25. The minimum Gasteiger partial charge on any atom is -0.407 e. The SMILES string of the molecule is CC1(C)COB(c2cc(-c3ccccc3)c(F)cc2C#N)OC1. The predicted molar refractivity (Wildman–Crippen MR) is 87.6 cm³/mol. The highest BCUT2D eigenvalue weighted by atomic mass is 19.1. The van der Waals surface area contributed by atoms with Crippen LogP contribution in [0.1, 0.15) is 19.4 Å². The molecule has 1 aliphatic heterocycles. The van der Waals surface area contributed by atoms with Crippen LogP contribution in [0.3, 0.4) is 0 Å². The molecule has 5 heteroatoms. The summed E-state index contributed by atoms with van der Waals surface area (Å²) in [5.74, 6) is -0.423. The van der Waals surface area contributed by atoms with Crippen molar-refractivity contribution in [1.82, 2.24) is 0 Å². The molecule has 3 nitrogen and oxygen atoms in total. The topological polar surface area (TPSA) is 42.2 Å². The summed E-state index contributed by atoms with van der Waals surface area (Å²) in [6.07, 6.45) is 0. The van der Waals surface area contributed by atoms with Crippen LogP contribution >= 0.6 is 0 Å². The van der Waals surface area contributed by atoms with Gasteiger partial charge in [-0.1, -0.05) is 50.2 Å². The van der Waals surface area contributed by atoms with Crippen molar-refractivity contribution >= 4 is 12.6 Å². The van der Waals surface area contributed by atoms with E-state index < -0.39 is 12.9 Å². The normalized spacial score (nSPS) is 16.9. The Morgan fingerprint density at radius 1 is 1.13 bits per heavy atom. The molecule has 1 fully saturated rings. The maximum absolute atomic E-state index is 14.4. The molecule has 1 saturated heterocycles. The molecular formula is C18H17BFNO2. The first-order chi connectivity index (χ1) is 11.0. The van der Waals surface area contributed by atoms with E-state index in [1.165, 1.54) is 6.07 Å². The van der Waals surface area contributed by atoms with Gasteiger partial charge in [0.15, 0.2) is 0 Å². The van der Waals surface area contributed by atoms with E-state index in [4.69, 9.17) is 9.31 Å². The predicted octanol–water partition coefficient (Wildman–Crippen LogP) is 3.13. The lowest BCUT2D eigenvalue weighted by molar-refractivity contribution is 0.0343. The fourth-order valence-electron chi connectivity index (χ4n) is 2.59. The van der Waals surface area contributed by atoms with Crippen LogP contribution in [0.25, 0.3) is 11.1 Å². The quantitative estimate of drug-likeness (QED) is 0.800. The second-order valence-electron chi connectivity index (χ2n) is 6.52. The summed E-state index contributed by atoms with van der Waals surface area (Å²) < 4.78 is 25.9. The van der Waals surface area contributed by atoms with E-state index in [0.29, 0.717) is 24.2 Å². The van der Waals surface area contributed by atoms with Crippen molar-refractivity contribution in [3.8, 4) is 17.2 Å². The minimum atomic E-state index is -0.638. The lowest BCUT2D eigenvalue weighted by Crippen LogP contribution is -2.48. The first kappa shape index (κ1) is 15.7. The third kappa shape index (κ3) is 3.29. The largest absolute Gasteiger partial charge is 0.495 e. The average Bonchev–Trinajstić information content (AvgIpc) is 2.55. The van der Waals surface area contributed by atoms with Crippen LogP contribution in [0.15, 0.2) is 42.5 Å². The van der Waals surface area contributed by atoms with Gasteiger partial charge in [0.25, 0.3) is 0 Å². The van der Waals surface area contributed by atoms with Gasteiger partial charge in [-0.25, -0.2) is 4.39 Å². The van der Waals surface area contributed by atoms with Gasteiger partial charge in [0.05, 0.1) is 11.6 Å².